The van der Waals surface area contributed by atoms with E-state index in [0.717, 1.165) is 5.56 Å². The fourth-order valence-corrected chi connectivity index (χ4v) is 3.21. The van der Waals surface area contributed by atoms with Gasteiger partial charge in [0.1, 0.15) is 24.2 Å². The summed E-state index contributed by atoms with van der Waals surface area (Å²) in [5.41, 5.74) is 11.4. The van der Waals surface area contributed by atoms with E-state index in [1.54, 1.807) is 30.3 Å². The van der Waals surface area contributed by atoms with Gasteiger partial charge >= 0.3 is 5.97 Å². The number of nitrogens with one attached hydrogen (secondary N) is 3. The molecule has 1 rings (SSSR count). The summed E-state index contributed by atoms with van der Waals surface area (Å²) >= 11 is 0. The van der Waals surface area contributed by atoms with Gasteiger partial charge in [-0.15, -0.1) is 0 Å². The van der Waals surface area contributed by atoms with Crippen molar-refractivity contribution >= 4 is 29.6 Å². The highest BCUT2D eigenvalue weighted by atomic mass is 16.4. The zero-order chi connectivity index (χ0) is 26.5. The minimum atomic E-state index is -1.37. The van der Waals surface area contributed by atoms with Gasteiger partial charge in [-0.05, 0) is 24.3 Å². The summed E-state index contributed by atoms with van der Waals surface area (Å²) in [6.45, 7) is 3.02. The largest absolute Gasteiger partial charge is 0.480 e. The number of aliphatic carboxylic acids is 1. The number of carbonyl (C=O) groups excluding carboxylic acids is 4. The molecule has 0 aliphatic carbocycles. The van der Waals surface area contributed by atoms with Gasteiger partial charge in [0.05, 0.1) is 6.61 Å². The molecule has 0 radical (unpaired) electrons. The minimum absolute atomic E-state index is 0.0510. The van der Waals surface area contributed by atoms with Crippen LogP contribution < -0.4 is 27.4 Å². The number of carboxylic acids is 1. The summed E-state index contributed by atoms with van der Waals surface area (Å²) in [5.74, 6) is -4.28. The van der Waals surface area contributed by atoms with E-state index in [9.17, 15) is 29.1 Å². The highest BCUT2D eigenvalue weighted by Gasteiger charge is 2.31. The van der Waals surface area contributed by atoms with E-state index >= 15 is 0 Å². The topological polar surface area (TPSA) is 214 Å². The van der Waals surface area contributed by atoms with Crippen LogP contribution in [0.4, 0.5) is 0 Å². The van der Waals surface area contributed by atoms with E-state index in [1.165, 1.54) is 0 Å². The number of aliphatic hydroxyl groups excluding tert-OH is 1. The number of benzene rings is 1. The Morgan fingerprint density at radius 1 is 0.886 bits per heavy atom. The van der Waals surface area contributed by atoms with Crippen LogP contribution in [0, 0.1) is 5.92 Å². The first-order valence-corrected chi connectivity index (χ1v) is 11.3. The summed E-state index contributed by atoms with van der Waals surface area (Å²) < 4.78 is 0. The summed E-state index contributed by atoms with van der Waals surface area (Å²) in [6.07, 6.45) is -0.177. The first kappa shape index (κ1) is 29.5. The minimum Gasteiger partial charge on any atom is -0.480 e. The van der Waals surface area contributed by atoms with E-state index in [2.05, 4.69) is 16.0 Å². The van der Waals surface area contributed by atoms with Gasteiger partial charge in [0.15, 0.2) is 0 Å². The van der Waals surface area contributed by atoms with Gasteiger partial charge in [-0.25, -0.2) is 4.79 Å². The number of nitrogens with two attached hydrogens (primary N) is 2. The van der Waals surface area contributed by atoms with Crippen molar-refractivity contribution in [1.29, 1.82) is 0 Å². The summed E-state index contributed by atoms with van der Waals surface area (Å²) in [7, 11) is 0. The number of carboxylic acid groups (broad SMARTS) is 1. The van der Waals surface area contributed by atoms with E-state index in [-0.39, 0.29) is 31.6 Å². The van der Waals surface area contributed by atoms with Crippen molar-refractivity contribution in [2.75, 3.05) is 6.61 Å². The van der Waals surface area contributed by atoms with Gasteiger partial charge in [-0.1, -0.05) is 44.2 Å². The predicted molar refractivity (Wildman–Crippen MR) is 127 cm³/mol. The zero-order valence-corrected chi connectivity index (χ0v) is 19.9. The van der Waals surface area contributed by atoms with Gasteiger partial charge in [0.25, 0.3) is 0 Å². The summed E-state index contributed by atoms with van der Waals surface area (Å²) in [5, 5.41) is 25.9. The number of aliphatic hydroxyl groups is 1. The first-order chi connectivity index (χ1) is 16.4. The van der Waals surface area contributed by atoms with Crippen molar-refractivity contribution in [2.24, 2.45) is 17.4 Å². The smallest absolute Gasteiger partial charge is 0.326 e. The third kappa shape index (κ3) is 11.0. The van der Waals surface area contributed by atoms with Crippen molar-refractivity contribution in [1.82, 2.24) is 16.0 Å². The number of hydrogen-bond acceptors (Lipinski definition) is 7. The van der Waals surface area contributed by atoms with Crippen LogP contribution in [0.25, 0.3) is 0 Å². The Morgan fingerprint density at radius 2 is 1.43 bits per heavy atom. The molecule has 0 spiro atoms. The van der Waals surface area contributed by atoms with E-state index in [0.29, 0.717) is 0 Å². The van der Waals surface area contributed by atoms with Crippen LogP contribution in [0.5, 0.6) is 0 Å². The lowest BCUT2D eigenvalue weighted by Crippen LogP contribution is -2.58. The lowest BCUT2D eigenvalue weighted by molar-refractivity contribution is -0.142. The fourth-order valence-electron chi connectivity index (χ4n) is 3.21. The van der Waals surface area contributed by atoms with Crippen LogP contribution in [-0.2, 0) is 30.4 Å². The third-order valence-electron chi connectivity index (χ3n) is 5.08. The molecule has 0 aromatic heterocycles. The van der Waals surface area contributed by atoms with Crippen molar-refractivity contribution in [3.63, 3.8) is 0 Å². The Balaban J connectivity index is 3.06. The normalized spacial score (nSPS) is 14.3. The molecule has 4 unspecified atom stereocenters. The Bertz CT molecular complexity index is 878. The molecule has 0 heterocycles. The lowest BCUT2D eigenvalue weighted by Gasteiger charge is -2.26. The van der Waals surface area contributed by atoms with Crippen molar-refractivity contribution in [3.05, 3.63) is 35.9 Å². The molecule has 0 aliphatic heterocycles. The molecule has 9 N–H and O–H groups in total. The molecule has 1 aromatic rings. The Labute approximate surface area is 203 Å². The summed E-state index contributed by atoms with van der Waals surface area (Å²) in [6, 6.07) is 3.99. The molecular formula is C23H35N5O7. The lowest BCUT2D eigenvalue weighted by atomic mass is 10.00. The maximum atomic E-state index is 13.1. The molecule has 0 aliphatic rings. The molecule has 0 bridgehead atoms. The molecule has 194 valence electrons. The first-order valence-electron chi connectivity index (χ1n) is 11.3. The summed E-state index contributed by atoms with van der Waals surface area (Å²) in [4.78, 5) is 60.8. The molecule has 0 saturated carbocycles. The van der Waals surface area contributed by atoms with E-state index < -0.39 is 60.4 Å². The third-order valence-corrected chi connectivity index (χ3v) is 5.08. The fraction of sp³-hybridized carbons (Fsp3) is 0.522. The molecule has 4 atom stereocenters. The molecule has 12 heteroatoms. The van der Waals surface area contributed by atoms with Gasteiger partial charge in [-0.2, -0.15) is 0 Å². The molecule has 1 aromatic carbocycles. The average molecular weight is 494 g/mol. The van der Waals surface area contributed by atoms with Crippen molar-refractivity contribution < 1.29 is 34.2 Å². The number of rotatable bonds is 15. The van der Waals surface area contributed by atoms with E-state index in [4.69, 9.17) is 16.6 Å². The van der Waals surface area contributed by atoms with Crippen LogP contribution in [0.1, 0.15) is 38.7 Å². The van der Waals surface area contributed by atoms with Gasteiger partial charge in [0, 0.05) is 12.8 Å². The SMILES string of the molecule is CC(C)CC(NC(=O)C(Cc1ccccc1)NC(=O)C(N)CO)C(=O)NC(CCC(N)=O)C(=O)O. The molecule has 0 saturated heterocycles. The van der Waals surface area contributed by atoms with Crippen LogP contribution in [0.15, 0.2) is 30.3 Å². The molecule has 35 heavy (non-hydrogen) atoms. The Hall–Kier alpha value is -3.51. The monoisotopic (exact) mass is 493 g/mol. The molecule has 4 amide bonds. The number of carbonyl (C=O) groups is 5. The standard InChI is InChI=1S/C23H35N5O7/c1-13(2)10-17(21(32)26-16(23(34)35)8-9-19(25)30)28-22(33)18(27-20(31)15(24)12-29)11-14-6-4-3-5-7-14/h3-7,13,15-18,29H,8-12,24H2,1-2H3,(H2,25,30)(H,26,32)(H,27,31)(H,28,33)(H,34,35). The second-order valence-electron chi connectivity index (χ2n) is 8.64. The van der Waals surface area contributed by atoms with Gasteiger partial charge in [0.2, 0.25) is 23.6 Å². The number of primary amides is 1. The van der Waals surface area contributed by atoms with Crippen LogP contribution in [-0.4, -0.2) is 70.6 Å². The maximum Gasteiger partial charge on any atom is 0.326 e. The Kier molecular flexibility index (Phi) is 12.4. The molecular weight excluding hydrogens is 458 g/mol. The number of hydrogen-bond donors (Lipinski definition) is 7. The highest BCUT2D eigenvalue weighted by molar-refractivity contribution is 5.94. The van der Waals surface area contributed by atoms with Crippen LogP contribution in [0.2, 0.25) is 0 Å². The average Bonchev–Trinajstić information content (AvgIpc) is 2.79. The second-order valence-corrected chi connectivity index (χ2v) is 8.64. The van der Waals surface area contributed by atoms with Crippen LogP contribution in [0.3, 0.4) is 0 Å². The highest BCUT2D eigenvalue weighted by Crippen LogP contribution is 2.09. The Morgan fingerprint density at radius 3 is 1.94 bits per heavy atom. The number of amides is 4. The zero-order valence-electron chi connectivity index (χ0n) is 19.9. The second kappa shape index (κ2) is 14.7. The van der Waals surface area contributed by atoms with Crippen molar-refractivity contribution in [2.45, 2.75) is 63.7 Å². The predicted octanol–water partition coefficient (Wildman–Crippen LogP) is -1.60. The molecule has 12 nitrogen and oxygen atoms in total. The maximum absolute atomic E-state index is 13.1. The quantitative estimate of drug-likeness (QED) is 0.151. The van der Waals surface area contributed by atoms with E-state index in [1.807, 2.05) is 13.8 Å². The van der Waals surface area contributed by atoms with Crippen molar-refractivity contribution in [3.8, 4) is 0 Å². The van der Waals surface area contributed by atoms with Gasteiger partial charge < -0.3 is 37.6 Å². The molecule has 0 fully saturated rings. The van der Waals surface area contributed by atoms with Gasteiger partial charge in [-0.3, -0.25) is 19.2 Å². The van der Waals surface area contributed by atoms with Crippen LogP contribution >= 0.6 is 0 Å².